The zero-order chi connectivity index (χ0) is 14.6. The Balaban J connectivity index is 2.16. The van der Waals surface area contributed by atoms with E-state index in [2.05, 4.69) is 5.32 Å². The molecule has 1 aromatic rings. The van der Waals surface area contributed by atoms with Gasteiger partial charge in [0.05, 0.1) is 11.4 Å². The summed E-state index contributed by atoms with van der Waals surface area (Å²) in [6.45, 7) is 5.26. The summed E-state index contributed by atoms with van der Waals surface area (Å²) < 4.78 is 26.8. The summed E-state index contributed by atoms with van der Waals surface area (Å²) in [6.07, 6.45) is 3.21. The van der Waals surface area contributed by atoms with Crippen molar-refractivity contribution < 1.29 is 8.42 Å². The summed E-state index contributed by atoms with van der Waals surface area (Å²) in [5.41, 5.74) is 1.84. The summed E-state index contributed by atoms with van der Waals surface area (Å²) in [5, 5.41) is 3.31. The average molecular weight is 296 g/mol. The van der Waals surface area contributed by atoms with E-state index in [1.807, 2.05) is 38.1 Å². The first-order valence-electron chi connectivity index (χ1n) is 7.33. The van der Waals surface area contributed by atoms with Gasteiger partial charge in [-0.15, -0.1) is 0 Å². The lowest BCUT2D eigenvalue weighted by atomic mass is 10.1. The van der Waals surface area contributed by atoms with Gasteiger partial charge in [0.15, 0.2) is 0 Å². The van der Waals surface area contributed by atoms with Crippen molar-refractivity contribution in [2.24, 2.45) is 0 Å². The first kappa shape index (κ1) is 15.3. The summed E-state index contributed by atoms with van der Waals surface area (Å²) in [6, 6.07) is 7.76. The predicted octanol–water partition coefficient (Wildman–Crippen LogP) is 2.29. The molecule has 1 atom stereocenters. The second kappa shape index (κ2) is 6.59. The maximum atomic E-state index is 12.6. The molecular weight excluding hydrogens is 272 g/mol. The molecule has 1 unspecified atom stereocenters. The van der Waals surface area contributed by atoms with Crippen LogP contribution in [-0.2, 0) is 10.0 Å². The molecule has 0 saturated carbocycles. The van der Waals surface area contributed by atoms with Gasteiger partial charge in [-0.2, -0.15) is 0 Å². The van der Waals surface area contributed by atoms with Gasteiger partial charge < -0.3 is 5.32 Å². The third kappa shape index (κ3) is 3.73. The highest BCUT2D eigenvalue weighted by molar-refractivity contribution is 7.92. The number of anilines is 1. The molecule has 0 aromatic heterocycles. The number of hydrogen-bond acceptors (Lipinski definition) is 3. The van der Waals surface area contributed by atoms with E-state index in [1.54, 1.807) is 0 Å². The van der Waals surface area contributed by atoms with Gasteiger partial charge in [-0.25, -0.2) is 8.42 Å². The highest BCUT2D eigenvalue weighted by atomic mass is 32.2. The number of nitrogens with one attached hydrogen (secondary N) is 1. The van der Waals surface area contributed by atoms with Crippen molar-refractivity contribution in [1.82, 2.24) is 5.32 Å². The molecule has 112 valence electrons. The molecule has 1 saturated heterocycles. The van der Waals surface area contributed by atoms with Crippen molar-refractivity contribution >= 4 is 15.7 Å². The minimum absolute atomic E-state index is 0.0904. The molecule has 1 aliphatic heterocycles. The first-order chi connectivity index (χ1) is 9.53. The first-order valence-corrected chi connectivity index (χ1v) is 8.94. The molecule has 0 amide bonds. The largest absolute Gasteiger partial charge is 0.313 e. The molecule has 4 nitrogen and oxygen atoms in total. The fraction of sp³-hybridized carbons (Fsp3) is 0.600. The van der Waals surface area contributed by atoms with Gasteiger partial charge in [-0.3, -0.25) is 4.31 Å². The molecule has 20 heavy (non-hydrogen) atoms. The minimum atomic E-state index is -3.27. The summed E-state index contributed by atoms with van der Waals surface area (Å²) in [7, 11) is -3.27. The molecule has 2 rings (SSSR count). The number of hydrogen-bond donors (Lipinski definition) is 1. The van der Waals surface area contributed by atoms with Gasteiger partial charge >= 0.3 is 0 Å². The monoisotopic (exact) mass is 296 g/mol. The summed E-state index contributed by atoms with van der Waals surface area (Å²) in [4.78, 5) is 0. The molecule has 1 fully saturated rings. The number of sulfonamides is 1. The lowest BCUT2D eigenvalue weighted by Crippen LogP contribution is -2.44. The normalized spacial score (nSPS) is 19.8. The topological polar surface area (TPSA) is 49.4 Å². The SMILES string of the molecule is CCN(c1cccc(C)c1)S(=O)(=O)CC1CCCCN1. The number of rotatable bonds is 5. The van der Waals surface area contributed by atoms with Crippen molar-refractivity contribution in [3.8, 4) is 0 Å². The highest BCUT2D eigenvalue weighted by Gasteiger charge is 2.26. The number of nitrogens with zero attached hydrogens (tertiary/aromatic N) is 1. The molecule has 1 N–H and O–H groups in total. The van der Waals surface area contributed by atoms with Crippen LogP contribution in [0.3, 0.4) is 0 Å². The Morgan fingerprint density at radius 1 is 1.35 bits per heavy atom. The zero-order valence-corrected chi connectivity index (χ0v) is 13.1. The molecule has 5 heteroatoms. The van der Waals surface area contributed by atoms with Gasteiger partial charge in [0.1, 0.15) is 0 Å². The van der Waals surface area contributed by atoms with Crippen LogP contribution < -0.4 is 9.62 Å². The average Bonchev–Trinajstić information content (AvgIpc) is 2.39. The molecule has 1 aliphatic rings. The van der Waals surface area contributed by atoms with Crippen LogP contribution in [0, 0.1) is 6.92 Å². The Bertz CT molecular complexity index is 537. The quantitative estimate of drug-likeness (QED) is 0.907. The molecule has 1 aromatic carbocycles. The second-order valence-electron chi connectivity index (χ2n) is 5.43. The van der Waals surface area contributed by atoms with Crippen molar-refractivity contribution in [1.29, 1.82) is 0 Å². The minimum Gasteiger partial charge on any atom is -0.313 e. The van der Waals surface area contributed by atoms with Crippen LogP contribution in [0.1, 0.15) is 31.7 Å². The third-order valence-corrected chi connectivity index (χ3v) is 5.70. The summed E-state index contributed by atoms with van der Waals surface area (Å²) in [5.74, 6) is 0.189. The Hall–Kier alpha value is -1.07. The Labute approximate surface area is 122 Å². The number of piperidine rings is 1. The van der Waals surface area contributed by atoms with Gasteiger partial charge in [-0.05, 0) is 50.9 Å². The van der Waals surface area contributed by atoms with Gasteiger partial charge in [-0.1, -0.05) is 18.6 Å². The lowest BCUT2D eigenvalue weighted by molar-refractivity contribution is 0.423. The van der Waals surface area contributed by atoms with Gasteiger partial charge in [0, 0.05) is 12.6 Å². The van der Waals surface area contributed by atoms with Gasteiger partial charge in [0.2, 0.25) is 10.0 Å². The maximum Gasteiger partial charge on any atom is 0.236 e. The van der Waals surface area contributed by atoms with Crippen molar-refractivity contribution in [2.45, 2.75) is 39.2 Å². The van der Waals surface area contributed by atoms with Crippen LogP contribution in [0.4, 0.5) is 5.69 Å². The van der Waals surface area contributed by atoms with E-state index >= 15 is 0 Å². The molecule has 0 spiro atoms. The van der Waals surface area contributed by atoms with Crippen LogP contribution in [-0.4, -0.2) is 33.3 Å². The van der Waals surface area contributed by atoms with Crippen LogP contribution in [0.25, 0.3) is 0 Å². The lowest BCUT2D eigenvalue weighted by Gasteiger charge is -2.28. The van der Waals surface area contributed by atoms with Crippen LogP contribution >= 0.6 is 0 Å². The van der Waals surface area contributed by atoms with E-state index in [4.69, 9.17) is 0 Å². The van der Waals surface area contributed by atoms with Crippen LogP contribution in [0.5, 0.6) is 0 Å². The molecule has 0 bridgehead atoms. The van der Waals surface area contributed by atoms with E-state index in [0.29, 0.717) is 6.54 Å². The van der Waals surface area contributed by atoms with E-state index < -0.39 is 10.0 Å². The zero-order valence-electron chi connectivity index (χ0n) is 12.3. The van der Waals surface area contributed by atoms with E-state index in [0.717, 1.165) is 37.1 Å². The Morgan fingerprint density at radius 2 is 2.15 bits per heavy atom. The number of aryl methyl sites for hydroxylation is 1. The Morgan fingerprint density at radius 3 is 2.75 bits per heavy atom. The standard InChI is InChI=1S/C15H24N2O2S/c1-3-17(15-9-6-7-13(2)11-15)20(18,19)12-14-8-4-5-10-16-14/h6-7,9,11,14,16H,3-5,8,10,12H2,1-2H3. The molecule has 1 heterocycles. The fourth-order valence-corrected chi connectivity index (χ4v) is 4.53. The number of benzene rings is 1. The van der Waals surface area contributed by atoms with Crippen molar-refractivity contribution in [3.63, 3.8) is 0 Å². The van der Waals surface area contributed by atoms with Crippen LogP contribution in [0.2, 0.25) is 0 Å². The van der Waals surface area contributed by atoms with E-state index in [1.165, 1.54) is 4.31 Å². The maximum absolute atomic E-state index is 12.6. The summed E-state index contributed by atoms with van der Waals surface area (Å²) >= 11 is 0. The smallest absolute Gasteiger partial charge is 0.236 e. The fourth-order valence-electron chi connectivity index (χ4n) is 2.73. The van der Waals surface area contributed by atoms with E-state index in [9.17, 15) is 8.42 Å². The Kier molecular flexibility index (Phi) is 5.05. The van der Waals surface area contributed by atoms with Crippen LogP contribution in [0.15, 0.2) is 24.3 Å². The van der Waals surface area contributed by atoms with Crippen molar-refractivity contribution in [2.75, 3.05) is 23.1 Å². The molecule has 0 radical (unpaired) electrons. The highest BCUT2D eigenvalue weighted by Crippen LogP contribution is 2.21. The second-order valence-corrected chi connectivity index (χ2v) is 7.37. The predicted molar refractivity (Wildman–Crippen MR) is 83.6 cm³/mol. The third-order valence-electron chi connectivity index (χ3n) is 3.74. The molecular formula is C15H24N2O2S. The van der Waals surface area contributed by atoms with Gasteiger partial charge in [0.25, 0.3) is 0 Å². The molecule has 0 aliphatic carbocycles. The van der Waals surface area contributed by atoms with Crippen molar-refractivity contribution in [3.05, 3.63) is 29.8 Å². The van der Waals surface area contributed by atoms with E-state index in [-0.39, 0.29) is 11.8 Å².